The van der Waals surface area contributed by atoms with Crippen LogP contribution in [0.2, 0.25) is 0 Å². The van der Waals surface area contributed by atoms with Gasteiger partial charge in [0.05, 0.1) is 6.42 Å². The Bertz CT molecular complexity index is 332. The van der Waals surface area contributed by atoms with E-state index in [1.807, 2.05) is 26.0 Å². The molecule has 0 aromatic heterocycles. The Morgan fingerprint density at radius 2 is 1.81 bits per heavy atom. The summed E-state index contributed by atoms with van der Waals surface area (Å²) >= 11 is 3.41. The summed E-state index contributed by atoms with van der Waals surface area (Å²) in [6.07, 6.45) is 1.49. The Morgan fingerprint density at radius 1 is 1.25 bits per heavy atom. The van der Waals surface area contributed by atoms with Crippen molar-refractivity contribution < 1.29 is 4.79 Å². The average molecular weight is 284 g/mol. The van der Waals surface area contributed by atoms with Crippen molar-refractivity contribution in [3.8, 4) is 0 Å². The van der Waals surface area contributed by atoms with Gasteiger partial charge in [-0.15, -0.1) is 0 Å². The van der Waals surface area contributed by atoms with Gasteiger partial charge in [-0.3, -0.25) is 4.79 Å². The first kappa shape index (κ1) is 13.2. The number of aryl methyl sites for hydroxylation is 1. The smallest absolute Gasteiger partial charge is 0.224 e. The lowest BCUT2D eigenvalue weighted by Gasteiger charge is -2.08. The molecule has 0 bridgehead atoms. The largest absolute Gasteiger partial charge is 0.354 e. The maximum atomic E-state index is 11.5. The number of nitrogens with one attached hydrogen (secondary N) is 1. The summed E-state index contributed by atoms with van der Waals surface area (Å²) in [4.78, 5) is 11.5. The third kappa shape index (κ3) is 4.79. The highest BCUT2D eigenvalue weighted by Crippen LogP contribution is 2.07. The van der Waals surface area contributed by atoms with Crippen molar-refractivity contribution >= 4 is 21.8 Å². The van der Waals surface area contributed by atoms with Crippen LogP contribution in [0.5, 0.6) is 0 Å². The maximum absolute atomic E-state index is 11.5. The highest BCUT2D eigenvalue weighted by molar-refractivity contribution is 9.09. The summed E-state index contributed by atoms with van der Waals surface area (Å²) in [5.74, 6) is 0.0863. The lowest BCUT2D eigenvalue weighted by molar-refractivity contribution is -0.120. The molecule has 1 aromatic rings. The predicted octanol–water partition coefficient (Wildman–Crippen LogP) is 2.69. The van der Waals surface area contributed by atoms with Gasteiger partial charge >= 0.3 is 0 Å². The van der Waals surface area contributed by atoms with E-state index in [1.165, 1.54) is 5.56 Å². The Kier molecular flexibility index (Phi) is 5.53. The highest BCUT2D eigenvalue weighted by Gasteiger charge is 2.04. The van der Waals surface area contributed by atoms with E-state index < -0.39 is 0 Å². The Morgan fingerprint density at radius 3 is 2.31 bits per heavy atom. The fourth-order valence-corrected chi connectivity index (χ4v) is 1.95. The summed E-state index contributed by atoms with van der Waals surface area (Å²) in [5.41, 5.74) is 2.36. The molecule has 2 nitrogen and oxygen atoms in total. The second-order valence-electron chi connectivity index (χ2n) is 4.15. The van der Waals surface area contributed by atoms with Crippen molar-refractivity contribution in [2.24, 2.45) is 0 Å². The molecule has 16 heavy (non-hydrogen) atoms. The number of hydrogen-bond donors (Lipinski definition) is 1. The molecule has 0 unspecified atom stereocenters. The number of carbonyl (C=O) groups is 1. The molecule has 0 heterocycles. The summed E-state index contributed by atoms with van der Waals surface area (Å²) in [7, 11) is 0. The monoisotopic (exact) mass is 283 g/mol. The van der Waals surface area contributed by atoms with E-state index in [4.69, 9.17) is 0 Å². The van der Waals surface area contributed by atoms with Gasteiger partial charge in [-0.2, -0.15) is 0 Å². The molecule has 0 radical (unpaired) electrons. The molecule has 0 spiro atoms. The van der Waals surface area contributed by atoms with Crippen LogP contribution in [-0.2, 0) is 17.6 Å². The van der Waals surface area contributed by atoms with Crippen molar-refractivity contribution in [1.29, 1.82) is 0 Å². The van der Waals surface area contributed by atoms with Crippen molar-refractivity contribution in [1.82, 2.24) is 5.32 Å². The minimum absolute atomic E-state index is 0.0863. The second kappa shape index (κ2) is 6.69. The van der Waals surface area contributed by atoms with E-state index in [9.17, 15) is 4.79 Å². The molecule has 0 aliphatic heterocycles. The van der Waals surface area contributed by atoms with Gasteiger partial charge < -0.3 is 5.32 Å². The van der Waals surface area contributed by atoms with Crippen LogP contribution in [0.4, 0.5) is 0 Å². The van der Waals surface area contributed by atoms with Crippen molar-refractivity contribution in [2.75, 3.05) is 5.33 Å². The lowest BCUT2D eigenvalue weighted by Crippen LogP contribution is -2.31. The van der Waals surface area contributed by atoms with Crippen LogP contribution in [0, 0.1) is 0 Å². The number of carbonyl (C=O) groups excluding carboxylic acids is 1. The molecule has 1 aromatic carbocycles. The molecule has 0 aliphatic rings. The van der Waals surface area contributed by atoms with Gasteiger partial charge in [-0.25, -0.2) is 0 Å². The van der Waals surface area contributed by atoms with Gasteiger partial charge in [0.25, 0.3) is 0 Å². The fraction of sp³-hybridized carbons (Fsp3) is 0.462. The van der Waals surface area contributed by atoms with Crippen molar-refractivity contribution in [2.45, 2.75) is 32.7 Å². The molecular weight excluding hydrogens is 266 g/mol. The van der Waals surface area contributed by atoms with Crippen LogP contribution < -0.4 is 5.32 Å². The van der Waals surface area contributed by atoms with E-state index in [-0.39, 0.29) is 11.9 Å². The molecule has 3 heteroatoms. The van der Waals surface area contributed by atoms with E-state index in [1.54, 1.807) is 0 Å². The molecule has 88 valence electrons. The first-order chi connectivity index (χ1) is 7.61. The SMILES string of the molecule is CC(C)NC(=O)Cc1ccc(CCBr)cc1. The third-order valence-corrected chi connectivity index (χ3v) is 2.62. The van der Waals surface area contributed by atoms with Crippen molar-refractivity contribution in [3.63, 3.8) is 0 Å². The van der Waals surface area contributed by atoms with Gasteiger partial charge in [0.2, 0.25) is 5.91 Å². The summed E-state index contributed by atoms with van der Waals surface area (Å²) in [6.45, 7) is 3.94. The molecule has 0 saturated heterocycles. The minimum atomic E-state index is 0.0863. The van der Waals surface area contributed by atoms with Crippen LogP contribution in [0.3, 0.4) is 0 Å². The van der Waals surface area contributed by atoms with Gasteiger partial charge in [0.15, 0.2) is 0 Å². The number of amides is 1. The molecule has 0 saturated carbocycles. The highest BCUT2D eigenvalue weighted by atomic mass is 79.9. The lowest BCUT2D eigenvalue weighted by atomic mass is 10.1. The van der Waals surface area contributed by atoms with E-state index in [2.05, 4.69) is 33.4 Å². The molecule has 1 amide bonds. The van der Waals surface area contributed by atoms with E-state index >= 15 is 0 Å². The first-order valence-electron chi connectivity index (χ1n) is 5.55. The first-order valence-corrected chi connectivity index (χ1v) is 6.67. The molecule has 0 atom stereocenters. The molecule has 1 N–H and O–H groups in total. The van der Waals surface area contributed by atoms with Crippen LogP contribution in [0.1, 0.15) is 25.0 Å². The number of benzene rings is 1. The average Bonchev–Trinajstić information content (AvgIpc) is 2.20. The van der Waals surface area contributed by atoms with Crippen LogP contribution in [0.15, 0.2) is 24.3 Å². The zero-order valence-electron chi connectivity index (χ0n) is 9.79. The topological polar surface area (TPSA) is 29.1 Å². The number of rotatable bonds is 5. The molecule has 0 fully saturated rings. The summed E-state index contributed by atoms with van der Waals surface area (Å²) in [5, 5.41) is 3.86. The van der Waals surface area contributed by atoms with Crippen LogP contribution in [0.25, 0.3) is 0 Å². The maximum Gasteiger partial charge on any atom is 0.224 e. The quantitative estimate of drug-likeness (QED) is 0.828. The third-order valence-electron chi connectivity index (χ3n) is 2.22. The van der Waals surface area contributed by atoms with Gasteiger partial charge in [0.1, 0.15) is 0 Å². The van der Waals surface area contributed by atoms with E-state index in [0.29, 0.717) is 6.42 Å². The van der Waals surface area contributed by atoms with Crippen molar-refractivity contribution in [3.05, 3.63) is 35.4 Å². The summed E-state index contributed by atoms with van der Waals surface area (Å²) < 4.78 is 0. The van der Waals surface area contributed by atoms with Gasteiger partial charge in [-0.1, -0.05) is 40.2 Å². The Hall–Kier alpha value is -0.830. The Balaban J connectivity index is 2.51. The molecule has 0 aliphatic carbocycles. The minimum Gasteiger partial charge on any atom is -0.354 e. The number of halogens is 1. The normalized spacial score (nSPS) is 10.5. The number of hydrogen-bond acceptors (Lipinski definition) is 1. The van der Waals surface area contributed by atoms with Crippen LogP contribution in [-0.4, -0.2) is 17.3 Å². The van der Waals surface area contributed by atoms with Crippen LogP contribution >= 0.6 is 15.9 Å². The zero-order valence-corrected chi connectivity index (χ0v) is 11.4. The predicted molar refractivity (Wildman–Crippen MR) is 70.9 cm³/mol. The van der Waals surface area contributed by atoms with Gasteiger partial charge in [0, 0.05) is 11.4 Å². The standard InChI is InChI=1S/C13H18BrNO/c1-10(2)15-13(16)9-12-5-3-11(4-6-12)7-8-14/h3-6,10H,7-9H2,1-2H3,(H,15,16). The summed E-state index contributed by atoms with van der Waals surface area (Å²) in [6, 6.07) is 8.43. The van der Waals surface area contributed by atoms with E-state index in [0.717, 1.165) is 17.3 Å². The zero-order chi connectivity index (χ0) is 12.0. The molecular formula is C13H18BrNO. The molecule has 1 rings (SSSR count). The Labute approximate surface area is 106 Å². The van der Waals surface area contributed by atoms with Gasteiger partial charge in [-0.05, 0) is 31.4 Å². The number of alkyl halides is 1. The fourth-order valence-electron chi connectivity index (χ4n) is 1.49. The second-order valence-corrected chi connectivity index (χ2v) is 4.95.